The van der Waals surface area contributed by atoms with E-state index in [1.807, 2.05) is 90.9 Å². The Morgan fingerprint density at radius 2 is 1.52 bits per heavy atom. The number of hydrogen-bond acceptors (Lipinski definition) is 11. The first-order valence-electron chi connectivity index (χ1n) is 22.3. The highest BCUT2D eigenvalue weighted by molar-refractivity contribution is 5.91. The van der Waals surface area contributed by atoms with Gasteiger partial charge in [0.25, 0.3) is 0 Å². The van der Waals surface area contributed by atoms with Gasteiger partial charge >= 0.3 is 5.97 Å². The van der Waals surface area contributed by atoms with Crippen molar-refractivity contribution in [3.05, 3.63) is 35.9 Å². The Balaban J connectivity index is 2.27. The fraction of sp³-hybridized carbons (Fsp3) is 0.739. The van der Waals surface area contributed by atoms with Crippen molar-refractivity contribution in [2.75, 3.05) is 55.1 Å². The van der Waals surface area contributed by atoms with E-state index in [0.29, 0.717) is 32.2 Å². The van der Waals surface area contributed by atoms with E-state index in [2.05, 4.69) is 16.0 Å². The van der Waals surface area contributed by atoms with Gasteiger partial charge in [-0.2, -0.15) is 0 Å². The van der Waals surface area contributed by atoms with E-state index < -0.39 is 66.3 Å². The predicted octanol–water partition coefficient (Wildman–Crippen LogP) is 2.76. The number of carbonyl (C=O) groups is 6. The zero-order chi connectivity index (χ0) is 46.8. The van der Waals surface area contributed by atoms with Crippen LogP contribution in [0, 0.1) is 23.7 Å². The fourth-order valence-corrected chi connectivity index (χ4v) is 8.48. The first kappa shape index (κ1) is 54.0. The lowest BCUT2D eigenvalue weighted by molar-refractivity contribution is -0.148. The van der Waals surface area contributed by atoms with Crippen LogP contribution in [0.2, 0.25) is 0 Å². The second-order valence-electron chi connectivity index (χ2n) is 17.8. The highest BCUT2D eigenvalue weighted by Gasteiger charge is 2.43. The van der Waals surface area contributed by atoms with E-state index in [0.717, 1.165) is 5.56 Å². The number of likely N-dealkylation sites (tertiary alicyclic amines) is 1. The number of nitrogens with zero attached hydrogens (tertiary/aromatic N) is 3. The average Bonchev–Trinajstić information content (AvgIpc) is 3.71. The summed E-state index contributed by atoms with van der Waals surface area (Å²) in [6.07, 6.45) is 1.24. The van der Waals surface area contributed by atoms with Gasteiger partial charge in [0.05, 0.1) is 49.3 Å². The molecule has 0 aliphatic carbocycles. The van der Waals surface area contributed by atoms with Gasteiger partial charge < -0.3 is 45.7 Å². The first-order chi connectivity index (χ1) is 29.2. The molecule has 1 unspecified atom stereocenters. The molecule has 1 fully saturated rings. The fourth-order valence-electron chi connectivity index (χ4n) is 8.48. The third-order valence-corrected chi connectivity index (χ3v) is 12.1. The van der Waals surface area contributed by atoms with Crippen LogP contribution in [0.4, 0.5) is 0 Å². The van der Waals surface area contributed by atoms with Crippen molar-refractivity contribution in [3.63, 3.8) is 0 Å². The van der Waals surface area contributed by atoms with E-state index in [1.165, 1.54) is 14.0 Å². The molecule has 0 spiro atoms. The van der Waals surface area contributed by atoms with Crippen molar-refractivity contribution in [2.24, 2.45) is 29.4 Å². The van der Waals surface area contributed by atoms with Crippen molar-refractivity contribution in [3.8, 4) is 0 Å². The number of hydrogen-bond donors (Lipinski definition) is 4. The van der Waals surface area contributed by atoms with Crippen LogP contribution in [0.15, 0.2) is 30.3 Å². The monoisotopic (exact) mass is 874 g/mol. The molecule has 2 rings (SSSR count). The van der Waals surface area contributed by atoms with Crippen molar-refractivity contribution < 1.29 is 43.0 Å². The Hall–Kier alpha value is -4.12. The van der Waals surface area contributed by atoms with Gasteiger partial charge in [-0.05, 0) is 63.6 Å². The molecule has 1 saturated heterocycles. The SMILES string of the molecule is CC[C@H](C)[C@@H]([C@@H](CC(=O)N1CCC[C@H]1[C@H](OC)[C@@H](C)C(=O)N[C@@H](Cc1ccccc1)C(=O)NCCCOC(=O)[C@H](C)N)OC)N(C)C(=O)[C@@H](NC(=O)C(C(C)C)N(C)C)C(C)C. The van der Waals surface area contributed by atoms with Gasteiger partial charge in [0.15, 0.2) is 0 Å². The van der Waals surface area contributed by atoms with Crippen molar-refractivity contribution in [1.82, 2.24) is 30.7 Å². The van der Waals surface area contributed by atoms with Gasteiger partial charge in [0, 0.05) is 40.8 Å². The molecule has 5 amide bonds. The minimum atomic E-state index is -0.911. The third kappa shape index (κ3) is 15.6. The molecule has 16 heteroatoms. The van der Waals surface area contributed by atoms with Crippen LogP contribution in [0.5, 0.6) is 0 Å². The molecule has 1 aliphatic heterocycles. The molecule has 16 nitrogen and oxygen atoms in total. The number of carbonyl (C=O) groups excluding carboxylic acids is 6. The van der Waals surface area contributed by atoms with Crippen LogP contribution in [-0.2, 0) is 49.4 Å². The number of likely N-dealkylation sites (N-methyl/N-ethyl adjacent to an activating group) is 2. The number of ether oxygens (including phenoxy) is 3. The van der Waals surface area contributed by atoms with Crippen LogP contribution in [0.1, 0.15) is 93.1 Å². The molecule has 62 heavy (non-hydrogen) atoms. The predicted molar refractivity (Wildman–Crippen MR) is 240 cm³/mol. The molecule has 10 atom stereocenters. The minimum Gasteiger partial charge on any atom is -0.464 e. The summed E-state index contributed by atoms with van der Waals surface area (Å²) in [5.74, 6) is -2.95. The van der Waals surface area contributed by atoms with Gasteiger partial charge in [-0.25, -0.2) is 0 Å². The Morgan fingerprint density at radius 1 is 0.871 bits per heavy atom. The highest BCUT2D eigenvalue weighted by Crippen LogP contribution is 2.30. The molecular weight excluding hydrogens is 795 g/mol. The summed E-state index contributed by atoms with van der Waals surface area (Å²) in [5.41, 5.74) is 6.40. The minimum absolute atomic E-state index is 0.0187. The number of rotatable bonds is 26. The van der Waals surface area contributed by atoms with Gasteiger partial charge in [0.1, 0.15) is 18.1 Å². The van der Waals surface area contributed by atoms with Gasteiger partial charge in [-0.15, -0.1) is 0 Å². The molecule has 5 N–H and O–H groups in total. The Morgan fingerprint density at radius 3 is 2.05 bits per heavy atom. The van der Waals surface area contributed by atoms with E-state index >= 15 is 0 Å². The number of esters is 1. The molecule has 352 valence electrons. The quantitative estimate of drug-likeness (QED) is 0.0788. The van der Waals surface area contributed by atoms with Crippen LogP contribution in [0.25, 0.3) is 0 Å². The van der Waals surface area contributed by atoms with Crippen molar-refractivity contribution >= 4 is 35.5 Å². The summed E-state index contributed by atoms with van der Waals surface area (Å²) in [6.45, 7) is 15.8. The Labute approximate surface area is 371 Å². The number of benzene rings is 1. The number of nitrogens with two attached hydrogens (primary N) is 1. The summed E-state index contributed by atoms with van der Waals surface area (Å²) in [4.78, 5) is 86.6. The zero-order valence-electron chi connectivity index (χ0n) is 39.8. The second-order valence-corrected chi connectivity index (χ2v) is 17.8. The van der Waals surface area contributed by atoms with Crippen LogP contribution in [-0.4, -0.2) is 154 Å². The van der Waals surface area contributed by atoms with Crippen LogP contribution >= 0.6 is 0 Å². The number of amides is 5. The van der Waals surface area contributed by atoms with Gasteiger partial charge in [-0.3, -0.25) is 33.7 Å². The summed E-state index contributed by atoms with van der Waals surface area (Å²) in [7, 11) is 8.47. The zero-order valence-corrected chi connectivity index (χ0v) is 39.8. The van der Waals surface area contributed by atoms with E-state index in [1.54, 1.807) is 30.9 Å². The molecule has 0 radical (unpaired) electrons. The lowest BCUT2D eigenvalue weighted by Gasteiger charge is -2.41. The van der Waals surface area contributed by atoms with Gasteiger partial charge in [-0.1, -0.05) is 85.2 Å². The number of methoxy groups -OCH3 is 2. The second kappa shape index (κ2) is 26.5. The maximum atomic E-state index is 14.4. The summed E-state index contributed by atoms with van der Waals surface area (Å²) < 4.78 is 17.1. The summed E-state index contributed by atoms with van der Waals surface area (Å²) in [6, 6.07) is 5.57. The summed E-state index contributed by atoms with van der Waals surface area (Å²) in [5, 5.41) is 8.82. The molecule has 0 bridgehead atoms. The van der Waals surface area contributed by atoms with Gasteiger partial charge in [0.2, 0.25) is 29.5 Å². The van der Waals surface area contributed by atoms with E-state index in [4.69, 9.17) is 19.9 Å². The highest BCUT2D eigenvalue weighted by atomic mass is 16.5. The topological polar surface area (TPSA) is 202 Å². The standard InChI is InChI=1S/C46H79N7O9/c1-14-30(6)40(52(11)45(58)38(28(2)3)50-44(57)39(29(4)5)51(9)10)36(60-12)27-37(54)53-24-18-22-35(53)41(61-13)31(7)42(55)49-34(26-33-20-16-15-17-21-33)43(56)48-23-19-25-62-46(59)32(8)47/h15-17,20-21,28-32,34-36,38-41H,14,18-19,22-27,47H2,1-13H3,(H,48,56)(H,49,55)(H,50,57)/t30-,31+,32-,34-,35-,36+,38-,39?,40-,41+/m0/s1. The van der Waals surface area contributed by atoms with Crippen molar-refractivity contribution in [1.29, 1.82) is 0 Å². The Bertz CT molecular complexity index is 1570. The maximum absolute atomic E-state index is 14.4. The van der Waals surface area contributed by atoms with Crippen molar-refractivity contribution in [2.45, 2.75) is 142 Å². The van der Waals surface area contributed by atoms with E-state index in [-0.39, 0.29) is 67.4 Å². The molecule has 1 aromatic rings. The van der Waals surface area contributed by atoms with Crippen LogP contribution < -0.4 is 21.7 Å². The smallest absolute Gasteiger partial charge is 0.322 e. The molecule has 0 saturated carbocycles. The number of nitrogens with one attached hydrogen (secondary N) is 3. The maximum Gasteiger partial charge on any atom is 0.322 e. The lowest BCUT2D eigenvalue weighted by atomic mass is 9.89. The normalized spacial score (nSPS) is 18.5. The molecule has 0 aromatic heterocycles. The molecule has 1 heterocycles. The molecule has 1 aliphatic rings. The van der Waals surface area contributed by atoms with E-state index in [9.17, 15) is 28.8 Å². The third-order valence-electron chi connectivity index (χ3n) is 12.1. The first-order valence-corrected chi connectivity index (χ1v) is 22.3. The molecule has 1 aromatic carbocycles. The average molecular weight is 874 g/mol. The Kier molecular flexibility index (Phi) is 23.1. The lowest BCUT2D eigenvalue weighted by Crippen LogP contribution is -2.59. The molecular formula is C46H79N7O9. The summed E-state index contributed by atoms with van der Waals surface area (Å²) >= 11 is 0. The van der Waals surface area contributed by atoms with Crippen LogP contribution in [0.3, 0.4) is 0 Å². The largest absolute Gasteiger partial charge is 0.464 e.